The van der Waals surface area contributed by atoms with Crippen molar-refractivity contribution in [3.8, 4) is 0 Å². The first kappa shape index (κ1) is 18.0. The summed E-state index contributed by atoms with van der Waals surface area (Å²) < 4.78 is 1.89. The number of nitrogens with zero attached hydrogens (tertiary/aromatic N) is 2. The van der Waals surface area contributed by atoms with Gasteiger partial charge < -0.3 is 0 Å². The van der Waals surface area contributed by atoms with Crippen molar-refractivity contribution in [2.45, 2.75) is 51.5 Å². The third-order valence-corrected chi connectivity index (χ3v) is 6.27. The fraction of sp³-hybridized carbons (Fsp3) is 0.320. The van der Waals surface area contributed by atoms with Gasteiger partial charge in [-0.15, -0.1) is 0 Å². The standard InChI is InChI=1S/C25H25N3O/c1-17-11-12-18(15-26-17)13-19-14-23-24(22-10-6-5-9-21(19)22)27-16-28(25(23)29)20-7-3-2-4-8-20/h5-6,9-12,14-16,20H,2-4,7-8,13H2,1H3/p+1. The molecule has 5 rings (SSSR count). The maximum Gasteiger partial charge on any atom is 0.261 e. The molecule has 1 aliphatic rings. The molecule has 0 amide bonds. The lowest BCUT2D eigenvalue weighted by Gasteiger charge is -2.24. The van der Waals surface area contributed by atoms with Crippen LogP contribution in [-0.4, -0.2) is 9.55 Å². The number of fused-ring (bicyclic) bond motifs is 3. The summed E-state index contributed by atoms with van der Waals surface area (Å²) in [4.78, 5) is 21.5. The molecule has 0 unspecified atom stereocenters. The quantitative estimate of drug-likeness (QED) is 0.478. The minimum Gasteiger partial charge on any atom is -0.296 e. The van der Waals surface area contributed by atoms with Gasteiger partial charge in [-0.1, -0.05) is 43.5 Å². The molecule has 0 spiro atoms. The molecule has 29 heavy (non-hydrogen) atoms. The lowest BCUT2D eigenvalue weighted by molar-refractivity contribution is -0.388. The van der Waals surface area contributed by atoms with Gasteiger partial charge in [0.2, 0.25) is 0 Å². The number of benzene rings is 2. The van der Waals surface area contributed by atoms with Crippen LogP contribution in [0.15, 0.2) is 59.8 Å². The summed E-state index contributed by atoms with van der Waals surface area (Å²) >= 11 is 0. The molecule has 4 nitrogen and oxygen atoms in total. The third-order valence-electron chi connectivity index (χ3n) is 6.27. The SMILES string of the molecule is Cc1ccc(Cc2cc3c(=O)n(C4CCCCC4)cnc3c3ccccc23)c[nH+]1. The van der Waals surface area contributed by atoms with E-state index in [1.165, 1.54) is 35.8 Å². The van der Waals surface area contributed by atoms with Gasteiger partial charge in [0.05, 0.1) is 17.2 Å². The van der Waals surface area contributed by atoms with Crippen molar-refractivity contribution in [3.63, 3.8) is 0 Å². The van der Waals surface area contributed by atoms with Crippen LogP contribution in [0.2, 0.25) is 0 Å². The molecule has 4 heteroatoms. The van der Waals surface area contributed by atoms with Crippen molar-refractivity contribution in [2.24, 2.45) is 0 Å². The van der Waals surface area contributed by atoms with Crippen LogP contribution in [0.1, 0.15) is 55.0 Å². The van der Waals surface area contributed by atoms with Gasteiger partial charge in [-0.3, -0.25) is 9.36 Å². The topological polar surface area (TPSA) is 49.0 Å². The lowest BCUT2D eigenvalue weighted by Crippen LogP contribution is -2.26. The van der Waals surface area contributed by atoms with Crippen LogP contribution in [0, 0.1) is 6.92 Å². The molecule has 1 saturated carbocycles. The van der Waals surface area contributed by atoms with E-state index in [-0.39, 0.29) is 11.6 Å². The van der Waals surface area contributed by atoms with Crippen molar-refractivity contribution >= 4 is 21.7 Å². The number of nitrogens with one attached hydrogen (secondary N) is 1. The van der Waals surface area contributed by atoms with Crippen LogP contribution in [0.4, 0.5) is 0 Å². The minimum absolute atomic E-state index is 0.101. The molecule has 1 N–H and O–H groups in total. The van der Waals surface area contributed by atoms with Crippen LogP contribution in [0.3, 0.4) is 0 Å². The van der Waals surface area contributed by atoms with Crippen LogP contribution >= 0.6 is 0 Å². The molecule has 1 aliphatic carbocycles. The molecular weight excluding hydrogens is 358 g/mol. The first-order valence-corrected chi connectivity index (χ1v) is 10.6. The second-order valence-electron chi connectivity index (χ2n) is 8.28. The van der Waals surface area contributed by atoms with Gasteiger partial charge in [-0.05, 0) is 35.9 Å². The molecule has 146 valence electrons. The van der Waals surface area contributed by atoms with Gasteiger partial charge >= 0.3 is 0 Å². The van der Waals surface area contributed by atoms with E-state index in [0.29, 0.717) is 0 Å². The normalized spacial score (nSPS) is 15.2. The van der Waals surface area contributed by atoms with Gasteiger partial charge in [0.25, 0.3) is 5.56 Å². The van der Waals surface area contributed by atoms with Crippen molar-refractivity contribution in [3.05, 3.63) is 82.2 Å². The molecule has 0 atom stereocenters. The molecule has 2 heterocycles. The summed E-state index contributed by atoms with van der Waals surface area (Å²) in [6.45, 7) is 2.05. The van der Waals surface area contributed by atoms with Crippen molar-refractivity contribution in [1.82, 2.24) is 9.55 Å². The van der Waals surface area contributed by atoms with E-state index in [2.05, 4.69) is 54.5 Å². The number of aromatic nitrogens is 3. The summed E-state index contributed by atoms with van der Waals surface area (Å²) in [6, 6.07) is 14.9. The largest absolute Gasteiger partial charge is 0.296 e. The van der Waals surface area contributed by atoms with Crippen molar-refractivity contribution < 1.29 is 4.98 Å². The zero-order valence-corrected chi connectivity index (χ0v) is 16.8. The molecule has 0 bridgehead atoms. The smallest absolute Gasteiger partial charge is 0.261 e. The summed E-state index contributed by atoms with van der Waals surface area (Å²) in [5.41, 5.74) is 4.43. The summed E-state index contributed by atoms with van der Waals surface area (Å²) in [7, 11) is 0. The van der Waals surface area contributed by atoms with Crippen LogP contribution < -0.4 is 10.5 Å². The van der Waals surface area contributed by atoms with Crippen molar-refractivity contribution in [2.75, 3.05) is 0 Å². The zero-order valence-electron chi connectivity index (χ0n) is 16.8. The highest BCUT2D eigenvalue weighted by Gasteiger charge is 2.19. The van der Waals surface area contributed by atoms with Gasteiger partial charge in [0.1, 0.15) is 0 Å². The highest BCUT2D eigenvalue weighted by molar-refractivity contribution is 6.06. The first-order chi connectivity index (χ1) is 14.2. The van der Waals surface area contributed by atoms with Gasteiger partial charge in [-0.2, -0.15) is 0 Å². The Hall–Kier alpha value is -3.01. The van der Waals surface area contributed by atoms with Gasteiger partial charge in [-0.25, -0.2) is 9.97 Å². The van der Waals surface area contributed by atoms with Crippen molar-refractivity contribution in [1.29, 1.82) is 0 Å². The van der Waals surface area contributed by atoms with Gasteiger partial charge in [0.15, 0.2) is 11.9 Å². The second-order valence-corrected chi connectivity index (χ2v) is 8.28. The summed E-state index contributed by atoms with van der Waals surface area (Å²) in [5.74, 6) is 0. The highest BCUT2D eigenvalue weighted by atomic mass is 16.1. The molecule has 4 aromatic rings. The number of pyridine rings is 1. The molecular formula is C25H26N3O+. The van der Waals surface area contributed by atoms with Gasteiger partial charge in [0, 0.05) is 36.4 Å². The zero-order chi connectivity index (χ0) is 19.8. The number of aromatic amines is 1. The van der Waals surface area contributed by atoms with Crippen LogP contribution in [0.5, 0.6) is 0 Å². The van der Waals surface area contributed by atoms with E-state index in [9.17, 15) is 4.79 Å². The van der Waals surface area contributed by atoms with Crippen LogP contribution in [0.25, 0.3) is 21.7 Å². The Morgan fingerprint density at radius 2 is 1.83 bits per heavy atom. The minimum atomic E-state index is 0.101. The Morgan fingerprint density at radius 3 is 2.59 bits per heavy atom. The van der Waals surface area contributed by atoms with Crippen LogP contribution in [-0.2, 0) is 6.42 Å². The molecule has 1 fully saturated rings. The monoisotopic (exact) mass is 384 g/mol. The molecule has 0 radical (unpaired) electrons. The summed E-state index contributed by atoms with van der Waals surface area (Å²) in [5, 5.41) is 2.97. The Labute approximate surface area is 170 Å². The highest BCUT2D eigenvalue weighted by Crippen LogP contribution is 2.30. The van der Waals surface area contributed by atoms with E-state index in [1.807, 2.05) is 10.6 Å². The molecule has 0 aliphatic heterocycles. The predicted molar refractivity (Wildman–Crippen MR) is 116 cm³/mol. The lowest BCUT2D eigenvalue weighted by atomic mass is 9.94. The maximum absolute atomic E-state index is 13.4. The fourth-order valence-electron chi connectivity index (χ4n) is 4.68. The Morgan fingerprint density at radius 1 is 1.03 bits per heavy atom. The number of hydrogen-bond donors (Lipinski definition) is 0. The molecule has 0 saturated heterocycles. The van der Waals surface area contributed by atoms with E-state index in [1.54, 1.807) is 6.33 Å². The Kier molecular flexibility index (Phi) is 4.62. The number of rotatable bonds is 3. The predicted octanol–water partition coefficient (Wildman–Crippen LogP) is 4.77. The third kappa shape index (κ3) is 3.33. The maximum atomic E-state index is 13.4. The second kappa shape index (κ2) is 7.43. The number of H-pyrrole nitrogens is 1. The Balaban J connectivity index is 1.69. The van der Waals surface area contributed by atoms with E-state index >= 15 is 0 Å². The average molecular weight is 385 g/mol. The fourth-order valence-corrected chi connectivity index (χ4v) is 4.68. The number of hydrogen-bond acceptors (Lipinski definition) is 2. The average Bonchev–Trinajstić information content (AvgIpc) is 2.77. The molecule has 2 aromatic carbocycles. The van der Waals surface area contributed by atoms with E-state index < -0.39 is 0 Å². The summed E-state index contributed by atoms with van der Waals surface area (Å²) in [6.07, 6.45) is 10.4. The molecule has 2 aromatic heterocycles. The number of aryl methyl sites for hydroxylation is 1. The first-order valence-electron chi connectivity index (χ1n) is 10.6. The van der Waals surface area contributed by atoms with E-state index in [4.69, 9.17) is 4.98 Å². The van der Waals surface area contributed by atoms with E-state index in [0.717, 1.165) is 41.2 Å². The Bertz CT molecular complexity index is 1230.